The molecule has 0 bridgehead atoms. The van der Waals surface area contributed by atoms with E-state index in [1.807, 2.05) is 6.07 Å². The fourth-order valence-corrected chi connectivity index (χ4v) is 1.49. The van der Waals surface area contributed by atoms with Crippen molar-refractivity contribution in [1.82, 2.24) is 9.97 Å². The van der Waals surface area contributed by atoms with E-state index in [4.69, 9.17) is 10.00 Å². The first-order chi connectivity index (χ1) is 9.49. The SMILES string of the molecule is N#Cc1cc(COc2cncc([B-](F)(F)F)c2)ccn1.[K+]. The number of halogens is 3. The van der Waals surface area contributed by atoms with Crippen LogP contribution in [0.2, 0.25) is 0 Å². The molecule has 0 radical (unpaired) electrons. The second kappa shape index (κ2) is 7.91. The number of ether oxygens (including phenoxy) is 1. The van der Waals surface area contributed by atoms with Crippen molar-refractivity contribution < 1.29 is 69.1 Å². The van der Waals surface area contributed by atoms with E-state index in [2.05, 4.69) is 9.97 Å². The van der Waals surface area contributed by atoms with Crippen LogP contribution in [0.4, 0.5) is 12.9 Å². The Bertz CT molecular complexity index is 661. The van der Waals surface area contributed by atoms with Crippen molar-refractivity contribution in [3.8, 4) is 11.8 Å². The average Bonchev–Trinajstić information content (AvgIpc) is 2.45. The van der Waals surface area contributed by atoms with Crippen LogP contribution in [0.25, 0.3) is 0 Å². The van der Waals surface area contributed by atoms with Gasteiger partial charge in [-0.3, -0.25) is 4.98 Å². The maximum absolute atomic E-state index is 12.6. The minimum absolute atomic E-state index is 0. The van der Waals surface area contributed by atoms with Gasteiger partial charge in [0.25, 0.3) is 0 Å². The third kappa shape index (κ3) is 5.41. The van der Waals surface area contributed by atoms with Crippen molar-refractivity contribution in [2.75, 3.05) is 0 Å². The number of hydrogen-bond acceptors (Lipinski definition) is 4. The van der Waals surface area contributed by atoms with Crippen LogP contribution < -0.4 is 61.6 Å². The summed E-state index contributed by atoms with van der Waals surface area (Å²) in [4.78, 5) is 7.29. The number of rotatable bonds is 4. The van der Waals surface area contributed by atoms with Crippen LogP contribution in [-0.2, 0) is 6.61 Å². The predicted octanol–water partition coefficient (Wildman–Crippen LogP) is -1.01. The van der Waals surface area contributed by atoms with Crippen molar-refractivity contribution in [3.63, 3.8) is 0 Å². The fourth-order valence-electron chi connectivity index (χ4n) is 1.49. The molecular weight excluding hydrogens is 309 g/mol. The van der Waals surface area contributed by atoms with Crippen LogP contribution in [-0.4, -0.2) is 16.9 Å². The molecule has 0 aliphatic rings. The fraction of sp³-hybridized carbons (Fsp3) is 0.0833. The van der Waals surface area contributed by atoms with Gasteiger partial charge in [0.1, 0.15) is 24.1 Å². The zero-order valence-corrected chi connectivity index (χ0v) is 14.3. The molecule has 0 spiro atoms. The molecule has 0 aliphatic carbocycles. The van der Waals surface area contributed by atoms with Crippen molar-refractivity contribution in [2.24, 2.45) is 0 Å². The zero-order valence-electron chi connectivity index (χ0n) is 11.1. The summed E-state index contributed by atoms with van der Waals surface area (Å²) in [7, 11) is 0. The minimum Gasteiger partial charge on any atom is -0.487 e. The Labute approximate surface area is 161 Å². The summed E-state index contributed by atoms with van der Waals surface area (Å²) < 4.78 is 42.9. The molecule has 0 unspecified atom stereocenters. The van der Waals surface area contributed by atoms with E-state index in [9.17, 15) is 12.9 Å². The molecule has 2 rings (SSSR count). The molecule has 0 saturated heterocycles. The van der Waals surface area contributed by atoms with Gasteiger partial charge in [-0.25, -0.2) is 4.98 Å². The number of nitrogens with zero attached hydrogens (tertiary/aromatic N) is 3. The van der Waals surface area contributed by atoms with Crippen molar-refractivity contribution in [2.45, 2.75) is 6.61 Å². The van der Waals surface area contributed by atoms with Gasteiger partial charge < -0.3 is 17.7 Å². The van der Waals surface area contributed by atoms with Gasteiger partial charge in [0.2, 0.25) is 0 Å². The summed E-state index contributed by atoms with van der Waals surface area (Å²) in [6.07, 6.45) is 3.40. The Hall–Kier alpha value is -0.919. The minimum atomic E-state index is -5.10. The Morgan fingerprint density at radius 2 is 2.00 bits per heavy atom. The Morgan fingerprint density at radius 1 is 1.24 bits per heavy atom. The molecule has 0 amide bonds. The number of pyridine rings is 2. The second-order valence-electron chi connectivity index (χ2n) is 3.98. The molecular formula is C12H8BF3KN3O. The molecule has 0 N–H and O–H groups in total. The third-order valence-electron chi connectivity index (χ3n) is 2.46. The summed E-state index contributed by atoms with van der Waals surface area (Å²) in [6.45, 7) is -5.07. The Morgan fingerprint density at radius 3 is 2.67 bits per heavy atom. The molecule has 9 heteroatoms. The second-order valence-corrected chi connectivity index (χ2v) is 3.98. The molecule has 2 heterocycles. The number of hydrogen-bond donors (Lipinski definition) is 0. The van der Waals surface area contributed by atoms with E-state index in [0.29, 0.717) is 5.56 Å². The van der Waals surface area contributed by atoms with Crippen molar-refractivity contribution in [1.29, 1.82) is 5.26 Å². The normalized spacial score (nSPS) is 10.4. The third-order valence-corrected chi connectivity index (χ3v) is 2.46. The molecule has 4 nitrogen and oxygen atoms in total. The van der Waals surface area contributed by atoms with Crippen LogP contribution in [0.3, 0.4) is 0 Å². The monoisotopic (exact) mass is 317 g/mol. The summed E-state index contributed by atoms with van der Waals surface area (Å²) in [5, 5.41) is 8.69. The summed E-state index contributed by atoms with van der Waals surface area (Å²) in [5.41, 5.74) is 0.0472. The van der Waals surface area contributed by atoms with Gasteiger partial charge in [-0.1, -0.05) is 5.46 Å². The van der Waals surface area contributed by atoms with E-state index >= 15 is 0 Å². The standard InChI is InChI=1S/C12H8BF3N3O.K/c14-13(15,16)10-4-12(7-18-6-10)20-8-9-1-2-19-11(3-9)5-17;/h1-4,6-7H,8H2;/q-1;+1. The van der Waals surface area contributed by atoms with Gasteiger partial charge in [-0.15, -0.1) is 0 Å². The molecule has 0 aliphatic heterocycles. The predicted molar refractivity (Wildman–Crippen MR) is 66.2 cm³/mol. The van der Waals surface area contributed by atoms with Gasteiger partial charge in [-0.2, -0.15) is 5.26 Å². The van der Waals surface area contributed by atoms with Crippen LogP contribution in [0, 0.1) is 11.3 Å². The number of aromatic nitrogens is 2. The van der Waals surface area contributed by atoms with Gasteiger partial charge in [-0.05, 0) is 23.8 Å². The largest absolute Gasteiger partial charge is 1.00 e. The van der Waals surface area contributed by atoms with Gasteiger partial charge in [0.05, 0.1) is 6.20 Å². The van der Waals surface area contributed by atoms with Gasteiger partial charge in [0.15, 0.2) is 0 Å². The number of nitriles is 1. The molecule has 0 atom stereocenters. The molecule has 0 fully saturated rings. The van der Waals surface area contributed by atoms with Crippen LogP contribution in [0.1, 0.15) is 11.3 Å². The van der Waals surface area contributed by atoms with Crippen LogP contribution in [0.15, 0.2) is 36.8 Å². The van der Waals surface area contributed by atoms with E-state index in [1.165, 1.54) is 18.5 Å². The zero-order chi connectivity index (χ0) is 14.6. The summed E-state index contributed by atoms with van der Waals surface area (Å²) >= 11 is 0. The first-order valence-electron chi connectivity index (χ1n) is 5.62. The van der Waals surface area contributed by atoms with Gasteiger partial charge in [0, 0.05) is 12.4 Å². The molecule has 21 heavy (non-hydrogen) atoms. The average molecular weight is 317 g/mol. The Kier molecular flexibility index (Phi) is 6.83. The van der Waals surface area contributed by atoms with E-state index < -0.39 is 12.4 Å². The molecule has 2 aromatic heterocycles. The topological polar surface area (TPSA) is 58.8 Å². The molecule has 0 aromatic carbocycles. The van der Waals surface area contributed by atoms with E-state index in [1.54, 1.807) is 6.07 Å². The first-order valence-corrected chi connectivity index (χ1v) is 5.62. The maximum atomic E-state index is 12.6. The Balaban J connectivity index is 0.00000220. The van der Waals surface area contributed by atoms with Crippen molar-refractivity contribution in [3.05, 3.63) is 48.0 Å². The smallest absolute Gasteiger partial charge is 0.487 e. The van der Waals surface area contributed by atoms with Crippen LogP contribution in [0.5, 0.6) is 5.75 Å². The molecule has 2 aromatic rings. The quantitative estimate of drug-likeness (QED) is 0.678. The van der Waals surface area contributed by atoms with Crippen molar-refractivity contribution >= 4 is 12.4 Å². The van der Waals surface area contributed by atoms with Crippen LogP contribution >= 0.6 is 0 Å². The van der Waals surface area contributed by atoms with E-state index in [-0.39, 0.29) is 69.4 Å². The van der Waals surface area contributed by atoms with Gasteiger partial charge >= 0.3 is 58.4 Å². The molecule has 102 valence electrons. The summed E-state index contributed by atoms with van der Waals surface area (Å²) in [5.74, 6) is 0.0250. The van der Waals surface area contributed by atoms with E-state index in [0.717, 1.165) is 12.3 Å². The first kappa shape index (κ1) is 18.1. The molecule has 0 saturated carbocycles. The summed E-state index contributed by atoms with van der Waals surface area (Å²) in [6, 6.07) is 5.89. The maximum Gasteiger partial charge on any atom is 1.00 e.